The molecule has 0 fully saturated rings. The Labute approximate surface area is 325 Å². The molecule has 0 unspecified atom stereocenters. The summed E-state index contributed by atoms with van der Waals surface area (Å²) in [5.74, 6) is 0.646. The minimum atomic E-state index is -0.513. The van der Waals surface area contributed by atoms with E-state index in [1.807, 2.05) is 0 Å². The Morgan fingerprint density at radius 1 is 0.464 bits per heavy atom. The van der Waals surface area contributed by atoms with Crippen molar-refractivity contribution in [2.45, 2.75) is 18.3 Å². The average Bonchev–Trinajstić information content (AvgIpc) is 3.77. The molecule has 0 bridgehead atoms. The van der Waals surface area contributed by atoms with E-state index in [1.165, 1.54) is 44.2 Å². The van der Waals surface area contributed by atoms with Crippen LogP contribution in [0.5, 0.6) is 0 Å². The van der Waals surface area contributed by atoms with Crippen LogP contribution in [0.1, 0.15) is 51.8 Å². The van der Waals surface area contributed by atoms with Crippen LogP contribution in [-0.4, -0.2) is 11.5 Å². The lowest BCUT2D eigenvalue weighted by molar-refractivity contribution is 0.665. The van der Waals surface area contributed by atoms with Gasteiger partial charge in [0.05, 0.1) is 22.4 Å². The van der Waals surface area contributed by atoms with Gasteiger partial charge in [-0.25, -0.2) is 9.98 Å². The lowest BCUT2D eigenvalue weighted by Gasteiger charge is -2.33. The van der Waals surface area contributed by atoms with Crippen LogP contribution in [-0.2, 0) is 5.41 Å². The number of hydrogen-bond donors (Lipinski definition) is 0. The lowest BCUT2D eigenvalue weighted by Crippen LogP contribution is -2.28. The maximum absolute atomic E-state index is 7.08. The Hall–Kier alpha value is -7.10. The van der Waals surface area contributed by atoms with Crippen LogP contribution in [0.25, 0.3) is 49.5 Å². The minimum Gasteiger partial charge on any atom is -0.455 e. The first-order valence-corrected chi connectivity index (χ1v) is 19.4. The van der Waals surface area contributed by atoms with Gasteiger partial charge in [0.15, 0.2) is 5.84 Å². The largest absolute Gasteiger partial charge is 0.455 e. The van der Waals surface area contributed by atoms with Crippen molar-refractivity contribution < 1.29 is 4.42 Å². The standard InChI is InChI=1S/C53H36N2O/c1-4-18-36(19-5-1)48-31-16-32-49(41-27-14-20-35-17-10-11-25-39(35)41)55-52(54-48)43-29-15-28-42-45-33-44-40-26-12-13-30-46(40)53(37-21-6-2-7-22-37,38-23-8-3-9-24-38)47(44)34-50(45)56-51(42)43/h1-15,17-30,32-34H,16,31H2/b49-32-,54-48+,55-52-. The van der Waals surface area contributed by atoms with E-state index in [4.69, 9.17) is 14.4 Å². The van der Waals surface area contributed by atoms with Gasteiger partial charge in [0.25, 0.3) is 0 Å². The van der Waals surface area contributed by atoms with Crippen molar-refractivity contribution in [1.82, 2.24) is 0 Å². The second-order valence-electron chi connectivity index (χ2n) is 14.7. The van der Waals surface area contributed by atoms with Crippen LogP contribution in [0.3, 0.4) is 0 Å². The highest BCUT2D eigenvalue weighted by atomic mass is 16.3. The van der Waals surface area contributed by atoms with Crippen molar-refractivity contribution in [2.24, 2.45) is 9.98 Å². The number of furan rings is 1. The number of amidine groups is 1. The predicted octanol–water partition coefficient (Wildman–Crippen LogP) is 13.2. The van der Waals surface area contributed by atoms with Gasteiger partial charge in [-0.05, 0) is 80.8 Å². The maximum atomic E-state index is 7.08. The van der Waals surface area contributed by atoms with E-state index in [1.54, 1.807) is 0 Å². The third-order valence-corrected chi connectivity index (χ3v) is 11.7. The van der Waals surface area contributed by atoms with Crippen molar-refractivity contribution in [2.75, 3.05) is 0 Å². The number of para-hydroxylation sites is 1. The van der Waals surface area contributed by atoms with E-state index in [-0.39, 0.29) is 0 Å². The van der Waals surface area contributed by atoms with Crippen molar-refractivity contribution in [3.05, 3.63) is 233 Å². The van der Waals surface area contributed by atoms with Gasteiger partial charge >= 0.3 is 0 Å². The summed E-state index contributed by atoms with van der Waals surface area (Å²) in [6, 6.07) is 67.2. The smallest absolute Gasteiger partial charge is 0.163 e. The average molecular weight is 717 g/mol. The molecule has 0 amide bonds. The molecule has 0 spiro atoms. The van der Waals surface area contributed by atoms with E-state index in [0.717, 1.165) is 62.9 Å². The van der Waals surface area contributed by atoms with Gasteiger partial charge in [-0.2, -0.15) is 0 Å². The zero-order valence-corrected chi connectivity index (χ0v) is 30.7. The highest BCUT2D eigenvalue weighted by molar-refractivity contribution is 6.21. The van der Waals surface area contributed by atoms with Gasteiger partial charge < -0.3 is 4.42 Å². The first kappa shape index (κ1) is 32.3. The van der Waals surface area contributed by atoms with Crippen molar-refractivity contribution >= 4 is 50.0 Å². The van der Waals surface area contributed by atoms with Gasteiger partial charge in [-0.3, -0.25) is 0 Å². The topological polar surface area (TPSA) is 37.9 Å². The quantitative estimate of drug-likeness (QED) is 0.175. The van der Waals surface area contributed by atoms with Crippen LogP contribution in [0.15, 0.2) is 209 Å². The summed E-state index contributed by atoms with van der Waals surface area (Å²) in [5.41, 5.74) is 13.6. The van der Waals surface area contributed by atoms with Crippen molar-refractivity contribution in [1.29, 1.82) is 0 Å². The Morgan fingerprint density at radius 2 is 1.09 bits per heavy atom. The molecule has 9 aromatic rings. The molecule has 0 saturated heterocycles. The summed E-state index contributed by atoms with van der Waals surface area (Å²) < 4.78 is 7.08. The number of nitrogens with zero attached hydrogens (tertiary/aromatic N) is 2. The molecule has 1 aromatic heterocycles. The Balaban J connectivity index is 1.17. The Bertz CT molecular complexity index is 3020. The fraction of sp³-hybridized carbons (Fsp3) is 0.0566. The van der Waals surface area contributed by atoms with E-state index in [2.05, 4.69) is 194 Å². The van der Waals surface area contributed by atoms with Gasteiger partial charge in [0.1, 0.15) is 11.2 Å². The normalized spacial score (nSPS) is 17.5. The van der Waals surface area contributed by atoms with Crippen molar-refractivity contribution in [3.8, 4) is 11.1 Å². The van der Waals surface area contributed by atoms with E-state index >= 15 is 0 Å². The van der Waals surface area contributed by atoms with Gasteiger partial charge in [0, 0.05) is 16.3 Å². The maximum Gasteiger partial charge on any atom is 0.163 e. The molecule has 0 N–H and O–H groups in total. The van der Waals surface area contributed by atoms with Crippen LogP contribution < -0.4 is 0 Å². The molecule has 11 rings (SSSR count). The van der Waals surface area contributed by atoms with Gasteiger partial charge in [-0.15, -0.1) is 0 Å². The van der Waals surface area contributed by atoms with Gasteiger partial charge in [-0.1, -0.05) is 176 Å². The molecular weight excluding hydrogens is 681 g/mol. The number of rotatable bonds is 5. The molecule has 0 atom stereocenters. The summed E-state index contributed by atoms with van der Waals surface area (Å²) in [7, 11) is 0. The molecule has 56 heavy (non-hydrogen) atoms. The SMILES string of the molecule is C1=C(c2cccc3ccccc23)/N=C(c2cccc3c2oc2cc4c(cc23)-c2ccccc2C4(c2ccccc2)c2ccccc2)\N=C(\c2ccccc2)CC\1. The zero-order valence-electron chi connectivity index (χ0n) is 30.7. The van der Waals surface area contributed by atoms with Crippen LogP contribution >= 0.6 is 0 Å². The number of aliphatic imine (C=N–C) groups is 2. The molecule has 2 heterocycles. The molecule has 2 aliphatic rings. The highest BCUT2D eigenvalue weighted by Gasteiger charge is 2.46. The summed E-state index contributed by atoms with van der Waals surface area (Å²) in [6.07, 6.45) is 3.89. The van der Waals surface area contributed by atoms with Crippen LogP contribution in [0.4, 0.5) is 0 Å². The number of fused-ring (bicyclic) bond motifs is 7. The molecule has 264 valence electrons. The number of hydrogen-bond acceptors (Lipinski definition) is 3. The van der Waals surface area contributed by atoms with Gasteiger partial charge in [0.2, 0.25) is 0 Å². The first-order chi connectivity index (χ1) is 27.8. The second kappa shape index (κ2) is 13.0. The fourth-order valence-electron chi connectivity index (χ4n) is 9.20. The van der Waals surface area contributed by atoms with E-state index in [0.29, 0.717) is 5.84 Å². The molecule has 3 nitrogen and oxygen atoms in total. The van der Waals surface area contributed by atoms with E-state index in [9.17, 15) is 0 Å². The van der Waals surface area contributed by atoms with Crippen LogP contribution in [0.2, 0.25) is 0 Å². The Morgan fingerprint density at radius 3 is 1.89 bits per heavy atom. The number of benzene rings is 8. The van der Waals surface area contributed by atoms with Crippen LogP contribution in [0, 0.1) is 0 Å². The van der Waals surface area contributed by atoms with E-state index < -0.39 is 5.41 Å². The minimum absolute atomic E-state index is 0.513. The summed E-state index contributed by atoms with van der Waals surface area (Å²) in [4.78, 5) is 10.9. The zero-order chi connectivity index (χ0) is 37.1. The lowest BCUT2D eigenvalue weighted by atomic mass is 9.67. The fourth-order valence-corrected chi connectivity index (χ4v) is 9.20. The highest BCUT2D eigenvalue weighted by Crippen LogP contribution is 2.57. The summed E-state index contributed by atoms with van der Waals surface area (Å²) >= 11 is 0. The summed E-state index contributed by atoms with van der Waals surface area (Å²) in [5, 5.41) is 4.49. The third-order valence-electron chi connectivity index (χ3n) is 11.7. The molecule has 8 aromatic carbocycles. The first-order valence-electron chi connectivity index (χ1n) is 19.4. The third kappa shape index (κ3) is 4.98. The molecule has 0 saturated carbocycles. The predicted molar refractivity (Wildman–Crippen MR) is 232 cm³/mol. The molecular formula is C53H36N2O. The summed E-state index contributed by atoms with van der Waals surface area (Å²) in [6.45, 7) is 0. The molecule has 0 radical (unpaired) electrons. The second-order valence-corrected chi connectivity index (χ2v) is 14.7. The molecule has 1 aliphatic heterocycles. The Kier molecular flexibility index (Phi) is 7.53. The molecule has 3 heteroatoms. The molecule has 1 aliphatic carbocycles. The monoisotopic (exact) mass is 716 g/mol. The van der Waals surface area contributed by atoms with Crippen molar-refractivity contribution in [3.63, 3.8) is 0 Å². The number of allylic oxidation sites excluding steroid dienone is 1.